The molecule has 0 aromatic heterocycles. The predicted octanol–water partition coefficient (Wildman–Crippen LogP) is -1.59. The van der Waals surface area contributed by atoms with Crippen molar-refractivity contribution in [1.29, 1.82) is 0 Å². The lowest BCUT2D eigenvalue weighted by atomic mass is 10.0. The van der Waals surface area contributed by atoms with Gasteiger partial charge in [-0.3, -0.25) is 24.0 Å². The van der Waals surface area contributed by atoms with Crippen LogP contribution in [0, 0.1) is 5.92 Å². The third-order valence-electron chi connectivity index (χ3n) is 4.98. The molecule has 0 fully saturated rings. The fourth-order valence-corrected chi connectivity index (χ4v) is 3.07. The van der Waals surface area contributed by atoms with Crippen LogP contribution >= 0.6 is 0 Å². The Hall–Kier alpha value is -4.20. The van der Waals surface area contributed by atoms with Crippen molar-refractivity contribution < 1.29 is 49.2 Å². The lowest BCUT2D eigenvalue weighted by Crippen LogP contribution is -2.59. The summed E-state index contributed by atoms with van der Waals surface area (Å²) in [7, 11) is 0. The minimum absolute atomic E-state index is 0.0332. The zero-order valence-corrected chi connectivity index (χ0v) is 19.6. The number of nitrogens with one attached hydrogen (secondary N) is 3. The number of amides is 3. The van der Waals surface area contributed by atoms with Crippen molar-refractivity contribution >= 4 is 35.6 Å². The average Bonchev–Trinajstić information content (AvgIpc) is 2.76. The highest BCUT2D eigenvalue weighted by atomic mass is 16.4. The summed E-state index contributed by atoms with van der Waals surface area (Å²) in [6.45, 7) is 3.16. The van der Waals surface area contributed by atoms with Gasteiger partial charge in [0.05, 0.1) is 18.9 Å². The maximum atomic E-state index is 12.9. The Morgan fingerprint density at radius 1 is 0.778 bits per heavy atom. The molecule has 0 bridgehead atoms. The van der Waals surface area contributed by atoms with Gasteiger partial charge in [-0.05, 0) is 30.0 Å². The second-order valence-corrected chi connectivity index (χ2v) is 8.36. The summed E-state index contributed by atoms with van der Waals surface area (Å²) in [6, 6.07) is 0.0527. The van der Waals surface area contributed by atoms with Gasteiger partial charge in [0.2, 0.25) is 17.7 Å². The van der Waals surface area contributed by atoms with E-state index in [1.807, 2.05) is 5.32 Å². The number of carbonyl (C=O) groups excluding carboxylic acids is 3. The number of hydrogen-bond donors (Lipinski definition) is 8. The third-order valence-corrected chi connectivity index (χ3v) is 4.98. The van der Waals surface area contributed by atoms with Gasteiger partial charge in [0.25, 0.3) is 0 Å². The Labute approximate surface area is 205 Å². The Balaban J connectivity index is 2.94. The van der Waals surface area contributed by atoms with Crippen molar-refractivity contribution in [1.82, 2.24) is 16.0 Å². The number of aliphatic carboxylic acids is 3. The minimum atomic E-state index is -1.86. The number of phenols is 1. The number of aromatic hydroxyl groups is 1. The molecule has 0 saturated carbocycles. The predicted molar refractivity (Wildman–Crippen MR) is 123 cm³/mol. The maximum Gasteiger partial charge on any atom is 0.326 e. The van der Waals surface area contributed by atoms with Crippen molar-refractivity contribution in [3.63, 3.8) is 0 Å². The summed E-state index contributed by atoms with van der Waals surface area (Å²) in [5.74, 6) is -8.04. The molecular formula is C22H30N4O10. The molecule has 0 aliphatic rings. The highest BCUT2D eigenvalue weighted by molar-refractivity contribution is 5.96. The lowest BCUT2D eigenvalue weighted by Gasteiger charge is -2.26. The average molecular weight is 511 g/mol. The van der Waals surface area contributed by atoms with Gasteiger partial charge in [-0.15, -0.1) is 0 Å². The van der Waals surface area contributed by atoms with Gasteiger partial charge in [0.15, 0.2) is 0 Å². The normalized spacial score (nSPS) is 14.1. The Bertz CT molecular complexity index is 980. The molecule has 0 aliphatic carbocycles. The standard InChI is InChI=1S/C22H30N4O10/c1-10(2)18(26-19(32)13(23)7-11-3-5-12(27)6-4-11)21(34)24-14(8-16(28)29)20(33)25-15(22(35)36)9-17(30)31/h3-6,10,13-15,18,27H,7-9,23H2,1-2H3,(H,24,34)(H,25,33)(H,26,32)(H,28,29)(H,30,31)(H,35,36)/t13-,14-,15-,18-/m0/s1. The van der Waals surface area contributed by atoms with E-state index in [2.05, 4.69) is 10.6 Å². The summed E-state index contributed by atoms with van der Waals surface area (Å²) >= 11 is 0. The first-order chi connectivity index (χ1) is 16.7. The molecule has 14 heteroatoms. The quantitative estimate of drug-likeness (QED) is 0.142. The molecule has 4 atom stereocenters. The first kappa shape index (κ1) is 29.8. The number of carboxylic acids is 3. The van der Waals surface area contributed by atoms with E-state index in [9.17, 15) is 33.9 Å². The number of phenolic OH excluding ortho intramolecular Hbond substituents is 1. The van der Waals surface area contributed by atoms with Gasteiger partial charge >= 0.3 is 17.9 Å². The van der Waals surface area contributed by atoms with E-state index in [-0.39, 0.29) is 12.2 Å². The first-order valence-corrected chi connectivity index (χ1v) is 10.8. The number of carbonyl (C=O) groups is 6. The molecule has 0 unspecified atom stereocenters. The fraction of sp³-hybridized carbons (Fsp3) is 0.455. The molecule has 9 N–H and O–H groups in total. The van der Waals surface area contributed by atoms with Gasteiger partial charge in [-0.1, -0.05) is 26.0 Å². The Morgan fingerprint density at radius 3 is 1.75 bits per heavy atom. The summed E-state index contributed by atoms with van der Waals surface area (Å²) in [5.41, 5.74) is 6.57. The highest BCUT2D eigenvalue weighted by Gasteiger charge is 2.33. The van der Waals surface area contributed by atoms with Crippen LogP contribution in [0.2, 0.25) is 0 Å². The number of rotatable bonds is 14. The van der Waals surface area contributed by atoms with Crippen LogP contribution in [0.15, 0.2) is 24.3 Å². The molecule has 1 rings (SSSR count). The third kappa shape index (κ3) is 9.97. The molecule has 0 saturated heterocycles. The molecule has 0 spiro atoms. The summed E-state index contributed by atoms with van der Waals surface area (Å²) in [6.07, 6.45) is -1.82. The summed E-state index contributed by atoms with van der Waals surface area (Å²) < 4.78 is 0. The van der Waals surface area contributed by atoms with Crippen LogP contribution in [-0.2, 0) is 35.2 Å². The van der Waals surface area contributed by atoms with E-state index in [4.69, 9.17) is 21.1 Å². The van der Waals surface area contributed by atoms with Crippen molar-refractivity contribution in [2.45, 2.75) is 57.3 Å². The second-order valence-electron chi connectivity index (χ2n) is 8.36. The minimum Gasteiger partial charge on any atom is -0.508 e. The number of carboxylic acid groups (broad SMARTS) is 3. The van der Waals surface area contributed by atoms with Crippen LogP contribution in [0.25, 0.3) is 0 Å². The molecule has 3 amide bonds. The highest BCUT2D eigenvalue weighted by Crippen LogP contribution is 2.11. The molecular weight excluding hydrogens is 480 g/mol. The SMILES string of the molecule is CC(C)[C@H](NC(=O)[C@@H](N)Cc1ccc(O)cc1)C(=O)N[C@@H](CC(=O)O)C(=O)N[C@@H](CC(=O)O)C(=O)O. The van der Waals surface area contributed by atoms with Crippen LogP contribution in [0.4, 0.5) is 0 Å². The van der Waals surface area contributed by atoms with Gasteiger partial charge in [-0.2, -0.15) is 0 Å². The van der Waals surface area contributed by atoms with E-state index in [0.717, 1.165) is 0 Å². The Morgan fingerprint density at radius 2 is 1.28 bits per heavy atom. The summed E-state index contributed by atoms with van der Waals surface area (Å²) in [4.78, 5) is 71.2. The van der Waals surface area contributed by atoms with E-state index < -0.39 is 78.6 Å². The van der Waals surface area contributed by atoms with Crippen LogP contribution in [0.3, 0.4) is 0 Å². The number of hydrogen-bond acceptors (Lipinski definition) is 8. The molecule has 1 aromatic rings. The van der Waals surface area contributed by atoms with Crippen LogP contribution in [-0.4, -0.2) is 80.2 Å². The van der Waals surface area contributed by atoms with Gasteiger partial charge < -0.3 is 42.1 Å². The molecule has 0 heterocycles. The summed E-state index contributed by atoms with van der Waals surface area (Å²) in [5, 5.41) is 42.9. The monoisotopic (exact) mass is 510 g/mol. The Kier molecular flexibility index (Phi) is 11.3. The second kappa shape index (κ2) is 13.6. The molecule has 1 aromatic carbocycles. The molecule has 0 aliphatic heterocycles. The van der Waals surface area contributed by atoms with Crippen LogP contribution < -0.4 is 21.7 Å². The van der Waals surface area contributed by atoms with Crippen molar-refractivity contribution in [3.8, 4) is 5.75 Å². The zero-order chi connectivity index (χ0) is 27.6. The van der Waals surface area contributed by atoms with Crippen molar-refractivity contribution in [2.75, 3.05) is 0 Å². The maximum absolute atomic E-state index is 12.9. The molecule has 0 radical (unpaired) electrons. The van der Waals surface area contributed by atoms with Crippen molar-refractivity contribution in [3.05, 3.63) is 29.8 Å². The first-order valence-electron chi connectivity index (χ1n) is 10.8. The van der Waals surface area contributed by atoms with E-state index in [1.165, 1.54) is 12.1 Å². The molecule has 14 nitrogen and oxygen atoms in total. The van der Waals surface area contributed by atoms with Gasteiger partial charge in [-0.25, -0.2) is 4.79 Å². The zero-order valence-electron chi connectivity index (χ0n) is 19.6. The fourth-order valence-electron chi connectivity index (χ4n) is 3.07. The molecule has 36 heavy (non-hydrogen) atoms. The lowest BCUT2D eigenvalue weighted by molar-refractivity contribution is -0.148. The van der Waals surface area contributed by atoms with Crippen LogP contribution in [0.1, 0.15) is 32.3 Å². The number of benzene rings is 1. The largest absolute Gasteiger partial charge is 0.508 e. The van der Waals surface area contributed by atoms with E-state index in [1.54, 1.807) is 26.0 Å². The molecule has 198 valence electrons. The number of nitrogens with two attached hydrogens (primary N) is 1. The smallest absolute Gasteiger partial charge is 0.326 e. The van der Waals surface area contributed by atoms with E-state index in [0.29, 0.717) is 5.56 Å². The van der Waals surface area contributed by atoms with E-state index >= 15 is 0 Å². The van der Waals surface area contributed by atoms with Gasteiger partial charge in [0, 0.05) is 0 Å². The van der Waals surface area contributed by atoms with Gasteiger partial charge in [0.1, 0.15) is 23.9 Å². The topological polar surface area (TPSA) is 245 Å². The van der Waals surface area contributed by atoms with Crippen molar-refractivity contribution in [2.24, 2.45) is 11.7 Å². The van der Waals surface area contributed by atoms with Crippen LogP contribution in [0.5, 0.6) is 5.75 Å².